The number of rotatable bonds is 2. The van der Waals surface area contributed by atoms with Gasteiger partial charge in [0.25, 0.3) is 0 Å². The zero-order valence-corrected chi connectivity index (χ0v) is 9.99. The summed E-state index contributed by atoms with van der Waals surface area (Å²) in [5, 5.41) is 12.4. The van der Waals surface area contributed by atoms with Gasteiger partial charge in [0.05, 0.1) is 11.3 Å². The first-order valence-electron chi connectivity index (χ1n) is 5.54. The molecule has 84 valence electrons. The standard InChI is InChI=1S/C15H14N2/c1-11-6-8-14(9-7-11)17-15-12(2)4-3-5-13(15)10-16/h3-9,17H,1-2H3. The Labute approximate surface area is 102 Å². The normalized spacial score (nSPS) is 9.71. The van der Waals surface area contributed by atoms with Gasteiger partial charge in [0.1, 0.15) is 6.07 Å². The van der Waals surface area contributed by atoms with Crippen LogP contribution in [0.1, 0.15) is 16.7 Å². The lowest BCUT2D eigenvalue weighted by Gasteiger charge is -2.11. The second-order valence-electron chi connectivity index (χ2n) is 4.10. The molecule has 0 amide bonds. The maximum atomic E-state index is 9.08. The lowest BCUT2D eigenvalue weighted by atomic mass is 10.1. The van der Waals surface area contributed by atoms with E-state index in [9.17, 15) is 0 Å². The summed E-state index contributed by atoms with van der Waals surface area (Å²) in [4.78, 5) is 0. The van der Waals surface area contributed by atoms with Crippen LogP contribution in [0.3, 0.4) is 0 Å². The molecular formula is C15H14N2. The van der Waals surface area contributed by atoms with E-state index in [-0.39, 0.29) is 0 Å². The molecule has 0 aliphatic rings. The summed E-state index contributed by atoms with van der Waals surface area (Å²) < 4.78 is 0. The average molecular weight is 222 g/mol. The highest BCUT2D eigenvalue weighted by molar-refractivity contribution is 5.69. The van der Waals surface area contributed by atoms with Crippen LogP contribution >= 0.6 is 0 Å². The summed E-state index contributed by atoms with van der Waals surface area (Å²) >= 11 is 0. The van der Waals surface area contributed by atoms with Gasteiger partial charge in [-0.1, -0.05) is 29.8 Å². The maximum Gasteiger partial charge on any atom is 0.101 e. The van der Waals surface area contributed by atoms with Crippen molar-refractivity contribution in [1.82, 2.24) is 0 Å². The highest BCUT2D eigenvalue weighted by Gasteiger charge is 2.04. The van der Waals surface area contributed by atoms with Gasteiger partial charge in [0, 0.05) is 5.69 Å². The van der Waals surface area contributed by atoms with Crippen molar-refractivity contribution in [3.8, 4) is 6.07 Å². The zero-order chi connectivity index (χ0) is 12.3. The maximum absolute atomic E-state index is 9.08. The topological polar surface area (TPSA) is 35.8 Å². The predicted octanol–water partition coefficient (Wildman–Crippen LogP) is 3.92. The van der Waals surface area contributed by atoms with E-state index in [2.05, 4.69) is 18.3 Å². The lowest BCUT2D eigenvalue weighted by molar-refractivity contribution is 1.38. The number of nitrogens with zero attached hydrogens (tertiary/aromatic N) is 1. The quantitative estimate of drug-likeness (QED) is 0.836. The fourth-order valence-electron chi connectivity index (χ4n) is 1.71. The van der Waals surface area contributed by atoms with Crippen LogP contribution in [0.5, 0.6) is 0 Å². The molecular weight excluding hydrogens is 208 g/mol. The van der Waals surface area contributed by atoms with E-state index in [1.807, 2.05) is 49.4 Å². The summed E-state index contributed by atoms with van der Waals surface area (Å²) in [6.07, 6.45) is 0. The first kappa shape index (κ1) is 11.2. The number of hydrogen-bond donors (Lipinski definition) is 1. The molecule has 0 saturated carbocycles. The number of benzene rings is 2. The molecule has 2 rings (SSSR count). The minimum atomic E-state index is 0.672. The monoisotopic (exact) mass is 222 g/mol. The van der Waals surface area contributed by atoms with Gasteiger partial charge in [-0.2, -0.15) is 5.26 Å². The minimum Gasteiger partial charge on any atom is -0.354 e. The second kappa shape index (κ2) is 4.71. The molecule has 0 fully saturated rings. The van der Waals surface area contributed by atoms with Crippen LogP contribution in [0, 0.1) is 25.2 Å². The molecule has 0 saturated heterocycles. The largest absolute Gasteiger partial charge is 0.354 e. The number of para-hydroxylation sites is 1. The Morgan fingerprint density at radius 2 is 1.71 bits per heavy atom. The van der Waals surface area contributed by atoms with E-state index in [1.165, 1.54) is 5.56 Å². The van der Waals surface area contributed by atoms with Gasteiger partial charge in [-0.25, -0.2) is 0 Å². The molecule has 0 aromatic heterocycles. The van der Waals surface area contributed by atoms with Gasteiger partial charge in [-0.3, -0.25) is 0 Å². The first-order chi connectivity index (χ1) is 8.20. The molecule has 0 aliphatic heterocycles. The summed E-state index contributed by atoms with van der Waals surface area (Å²) in [5.41, 5.74) is 4.86. The Hall–Kier alpha value is -2.27. The van der Waals surface area contributed by atoms with Gasteiger partial charge < -0.3 is 5.32 Å². The highest BCUT2D eigenvalue weighted by Crippen LogP contribution is 2.24. The summed E-state index contributed by atoms with van der Waals surface area (Å²) in [5.74, 6) is 0. The van der Waals surface area contributed by atoms with Gasteiger partial charge >= 0.3 is 0 Å². The average Bonchev–Trinajstić information content (AvgIpc) is 2.34. The van der Waals surface area contributed by atoms with Crippen LogP contribution < -0.4 is 5.32 Å². The molecule has 0 bridgehead atoms. The summed E-state index contributed by atoms with van der Waals surface area (Å²) in [6, 6.07) is 16.1. The molecule has 0 aliphatic carbocycles. The van der Waals surface area contributed by atoms with Gasteiger partial charge in [-0.15, -0.1) is 0 Å². The van der Waals surface area contributed by atoms with Gasteiger partial charge in [0.15, 0.2) is 0 Å². The molecule has 0 heterocycles. The van der Waals surface area contributed by atoms with Crippen molar-refractivity contribution in [2.45, 2.75) is 13.8 Å². The minimum absolute atomic E-state index is 0.672. The van der Waals surface area contributed by atoms with Crippen LogP contribution in [-0.2, 0) is 0 Å². The summed E-state index contributed by atoms with van der Waals surface area (Å²) in [6.45, 7) is 4.05. The molecule has 0 radical (unpaired) electrons. The fourth-order valence-corrected chi connectivity index (χ4v) is 1.71. The molecule has 0 unspecified atom stereocenters. The van der Waals surface area contributed by atoms with Crippen LogP contribution in [0.15, 0.2) is 42.5 Å². The van der Waals surface area contributed by atoms with E-state index in [0.717, 1.165) is 16.9 Å². The Morgan fingerprint density at radius 1 is 1.00 bits per heavy atom. The number of nitriles is 1. The van der Waals surface area contributed by atoms with Crippen molar-refractivity contribution >= 4 is 11.4 Å². The molecule has 2 aromatic carbocycles. The second-order valence-corrected chi connectivity index (χ2v) is 4.10. The van der Waals surface area contributed by atoms with E-state index in [1.54, 1.807) is 0 Å². The van der Waals surface area contributed by atoms with Crippen LogP contribution in [-0.4, -0.2) is 0 Å². The third-order valence-electron chi connectivity index (χ3n) is 2.71. The van der Waals surface area contributed by atoms with Gasteiger partial charge in [-0.05, 0) is 37.6 Å². The number of anilines is 2. The fraction of sp³-hybridized carbons (Fsp3) is 0.133. The predicted molar refractivity (Wildman–Crippen MR) is 70.4 cm³/mol. The zero-order valence-electron chi connectivity index (χ0n) is 9.99. The van der Waals surface area contributed by atoms with E-state index in [4.69, 9.17) is 5.26 Å². The van der Waals surface area contributed by atoms with Crippen molar-refractivity contribution in [1.29, 1.82) is 5.26 Å². The molecule has 1 N–H and O–H groups in total. The SMILES string of the molecule is Cc1ccc(Nc2c(C)cccc2C#N)cc1. The molecule has 2 heteroatoms. The van der Waals surface area contributed by atoms with Crippen LogP contribution in [0.4, 0.5) is 11.4 Å². The first-order valence-corrected chi connectivity index (χ1v) is 5.54. The van der Waals surface area contributed by atoms with E-state index >= 15 is 0 Å². The number of aryl methyl sites for hydroxylation is 2. The van der Waals surface area contributed by atoms with Crippen molar-refractivity contribution in [2.24, 2.45) is 0 Å². The van der Waals surface area contributed by atoms with Gasteiger partial charge in [0.2, 0.25) is 0 Å². The number of hydrogen-bond acceptors (Lipinski definition) is 2. The Kier molecular flexibility index (Phi) is 3.11. The number of nitrogens with one attached hydrogen (secondary N) is 1. The molecule has 17 heavy (non-hydrogen) atoms. The molecule has 0 atom stereocenters. The van der Waals surface area contributed by atoms with E-state index in [0.29, 0.717) is 5.56 Å². The molecule has 2 aromatic rings. The Morgan fingerprint density at radius 3 is 2.35 bits per heavy atom. The van der Waals surface area contributed by atoms with Crippen molar-refractivity contribution in [2.75, 3.05) is 5.32 Å². The van der Waals surface area contributed by atoms with Crippen molar-refractivity contribution < 1.29 is 0 Å². The van der Waals surface area contributed by atoms with Crippen molar-refractivity contribution in [3.63, 3.8) is 0 Å². The third-order valence-corrected chi connectivity index (χ3v) is 2.71. The van der Waals surface area contributed by atoms with Crippen molar-refractivity contribution in [3.05, 3.63) is 59.2 Å². The van der Waals surface area contributed by atoms with E-state index < -0.39 is 0 Å². The molecule has 2 nitrogen and oxygen atoms in total. The smallest absolute Gasteiger partial charge is 0.101 e. The van der Waals surface area contributed by atoms with Crippen LogP contribution in [0.25, 0.3) is 0 Å². The third kappa shape index (κ3) is 2.46. The van der Waals surface area contributed by atoms with Crippen LogP contribution in [0.2, 0.25) is 0 Å². The lowest BCUT2D eigenvalue weighted by Crippen LogP contribution is -1.96. The molecule has 0 spiro atoms. The Balaban J connectivity index is 2.36. The summed E-state index contributed by atoms with van der Waals surface area (Å²) in [7, 11) is 0. The highest BCUT2D eigenvalue weighted by atomic mass is 14.9. The Bertz CT molecular complexity index is 562.